The quantitative estimate of drug-likeness (QED) is 0.238. The summed E-state index contributed by atoms with van der Waals surface area (Å²) in [5.74, 6) is -0.394. The summed E-state index contributed by atoms with van der Waals surface area (Å²) >= 11 is 0. The fourth-order valence-corrected chi connectivity index (χ4v) is 0.0833. The smallest absolute Gasteiger partial charge is 0.329 e. The molecule has 8 nitrogen and oxygen atoms in total. The second-order valence-corrected chi connectivity index (χ2v) is 2.07. The van der Waals surface area contributed by atoms with Crippen LogP contribution in [0, 0.1) is 0 Å². The summed E-state index contributed by atoms with van der Waals surface area (Å²) in [6.07, 6.45) is 1.11. The molecule has 0 aromatic carbocycles. The maximum absolute atomic E-state index is 9.84. The lowest BCUT2D eigenvalue weighted by atomic mass is 10.7. The van der Waals surface area contributed by atoms with Gasteiger partial charge in [0.2, 0.25) is 0 Å². The Bertz CT molecular complexity index is 124. The van der Waals surface area contributed by atoms with Crippen molar-refractivity contribution in [2.75, 3.05) is 46.8 Å². The first-order valence-corrected chi connectivity index (χ1v) is 4.91. The van der Waals surface area contributed by atoms with E-state index >= 15 is 0 Å². The molecule has 0 aliphatic carbocycles. The number of rotatable bonds is 4. The number of esters is 1. The van der Waals surface area contributed by atoms with Crippen LogP contribution in [0.5, 0.6) is 0 Å². The van der Waals surface area contributed by atoms with Crippen molar-refractivity contribution in [2.24, 2.45) is 0 Å². The van der Waals surface area contributed by atoms with Crippen LogP contribution >= 0.6 is 0 Å². The highest BCUT2D eigenvalue weighted by atomic mass is 16.5. The number of carbonyl (C=O) groups is 1. The zero-order chi connectivity index (χ0) is 15.2. The van der Waals surface area contributed by atoms with Gasteiger partial charge in [-0.2, -0.15) is 0 Å². The number of hydrogen-bond acceptors (Lipinski definition) is 8. The van der Waals surface area contributed by atoms with E-state index in [9.17, 15) is 4.79 Å². The highest BCUT2D eigenvalue weighted by molar-refractivity contribution is 5.80. The Morgan fingerprint density at radius 1 is 0.889 bits per heavy atom. The molecule has 6 N–H and O–H groups in total. The molecule has 0 spiro atoms. The second-order valence-electron chi connectivity index (χ2n) is 2.07. The van der Waals surface area contributed by atoms with Gasteiger partial charge in [-0.3, -0.25) is 0 Å². The van der Waals surface area contributed by atoms with Crippen molar-refractivity contribution >= 4 is 5.97 Å². The highest BCUT2D eigenvalue weighted by Gasteiger charge is 1.81. The van der Waals surface area contributed by atoms with Crippen LogP contribution < -0.4 is 0 Å². The molecule has 0 aliphatic rings. The number of carbonyl (C=O) groups excluding carboxylic acids is 1. The van der Waals surface area contributed by atoms with Gasteiger partial charge in [0.15, 0.2) is 0 Å². The number of ether oxygens (including phenoxy) is 1. The van der Waals surface area contributed by atoms with Gasteiger partial charge in [0.25, 0.3) is 0 Å². The molecule has 0 aromatic heterocycles. The van der Waals surface area contributed by atoms with Crippen molar-refractivity contribution in [3.05, 3.63) is 12.7 Å². The van der Waals surface area contributed by atoms with E-state index in [0.717, 1.165) is 6.08 Å². The van der Waals surface area contributed by atoms with Gasteiger partial charge in [-0.15, -0.1) is 0 Å². The topological polar surface area (TPSA) is 148 Å². The molecule has 0 aliphatic heterocycles. The van der Waals surface area contributed by atoms with Crippen LogP contribution in [0.2, 0.25) is 0 Å². The molecule has 0 radical (unpaired) electrons. The summed E-state index contributed by atoms with van der Waals surface area (Å²) < 4.78 is 4.14. The van der Waals surface area contributed by atoms with E-state index in [1.165, 1.54) is 7.11 Å². The van der Waals surface area contributed by atoms with Crippen molar-refractivity contribution < 1.29 is 40.2 Å². The van der Waals surface area contributed by atoms with Crippen LogP contribution in [-0.2, 0) is 9.53 Å². The summed E-state index contributed by atoms with van der Waals surface area (Å²) in [6, 6.07) is 0. The lowest BCUT2D eigenvalue weighted by molar-refractivity contribution is -0.134. The van der Waals surface area contributed by atoms with Crippen molar-refractivity contribution in [1.29, 1.82) is 0 Å². The predicted octanol–water partition coefficient (Wildman–Crippen LogP) is -2.74. The third kappa shape index (κ3) is 82.0. The highest BCUT2D eigenvalue weighted by Crippen LogP contribution is 1.67. The second kappa shape index (κ2) is 36.0. The van der Waals surface area contributed by atoms with E-state index in [-0.39, 0.29) is 39.6 Å². The summed E-state index contributed by atoms with van der Waals surface area (Å²) in [7, 11) is 1.31. The standard InChI is InChI=1S/C4H6O2.3C2H6O2/c1-3-4(5)6-2;3*3-1-2-4/h3H,1H2,2H3;3*3-4H,1-2H2. The van der Waals surface area contributed by atoms with E-state index < -0.39 is 5.97 Å². The molecule has 112 valence electrons. The third-order valence-corrected chi connectivity index (χ3v) is 0.668. The summed E-state index contributed by atoms with van der Waals surface area (Å²) in [5.41, 5.74) is 0. The zero-order valence-corrected chi connectivity index (χ0v) is 10.5. The lowest BCUT2D eigenvalue weighted by Crippen LogP contribution is -1.91. The molecule has 8 heteroatoms. The lowest BCUT2D eigenvalue weighted by Gasteiger charge is -1.83. The Kier molecular flexibility index (Phi) is 51.5. The Hall–Kier alpha value is -1.03. The number of methoxy groups -OCH3 is 1. The summed E-state index contributed by atoms with van der Waals surface area (Å²) in [6.45, 7) is 2.41. The van der Waals surface area contributed by atoms with Crippen molar-refractivity contribution in [1.82, 2.24) is 0 Å². The van der Waals surface area contributed by atoms with Crippen molar-refractivity contribution in [3.63, 3.8) is 0 Å². The monoisotopic (exact) mass is 272 g/mol. The zero-order valence-electron chi connectivity index (χ0n) is 10.5. The average molecular weight is 272 g/mol. The molecule has 0 saturated carbocycles. The molecule has 0 fully saturated rings. The van der Waals surface area contributed by atoms with Gasteiger partial charge < -0.3 is 35.4 Å². The van der Waals surface area contributed by atoms with Gasteiger partial charge in [-0.1, -0.05) is 6.58 Å². The first-order chi connectivity index (χ1) is 8.55. The van der Waals surface area contributed by atoms with E-state index in [0.29, 0.717) is 0 Å². The molecule has 0 bridgehead atoms. The molecule has 0 heterocycles. The molecule has 0 amide bonds. The molecular formula is C10H24O8. The molecular weight excluding hydrogens is 248 g/mol. The largest absolute Gasteiger partial charge is 0.466 e. The van der Waals surface area contributed by atoms with Gasteiger partial charge in [0, 0.05) is 6.08 Å². The van der Waals surface area contributed by atoms with Crippen LogP contribution in [0.25, 0.3) is 0 Å². The van der Waals surface area contributed by atoms with Crippen LogP contribution in [0.1, 0.15) is 0 Å². The molecule has 0 rings (SSSR count). The minimum Gasteiger partial charge on any atom is -0.466 e. The molecule has 0 unspecified atom stereocenters. The first-order valence-electron chi connectivity index (χ1n) is 4.91. The van der Waals surface area contributed by atoms with Crippen LogP contribution in [0.4, 0.5) is 0 Å². The molecule has 0 aromatic rings. The molecule has 0 atom stereocenters. The maximum Gasteiger partial charge on any atom is 0.329 e. The SMILES string of the molecule is C=CC(=O)OC.OCCO.OCCO.OCCO. The van der Waals surface area contributed by atoms with Crippen molar-refractivity contribution in [2.45, 2.75) is 0 Å². The fraction of sp³-hybridized carbons (Fsp3) is 0.700. The minimum absolute atomic E-state index is 0.125. The normalized spacial score (nSPS) is 7.28. The van der Waals surface area contributed by atoms with E-state index in [1.54, 1.807) is 0 Å². The van der Waals surface area contributed by atoms with Crippen LogP contribution in [0.15, 0.2) is 12.7 Å². The van der Waals surface area contributed by atoms with Gasteiger partial charge in [-0.05, 0) is 0 Å². The van der Waals surface area contributed by atoms with Crippen LogP contribution in [0.3, 0.4) is 0 Å². The van der Waals surface area contributed by atoms with Gasteiger partial charge in [-0.25, -0.2) is 4.79 Å². The van der Waals surface area contributed by atoms with E-state index in [1.807, 2.05) is 0 Å². The Labute approximate surface area is 106 Å². The van der Waals surface area contributed by atoms with E-state index in [2.05, 4.69) is 11.3 Å². The Morgan fingerprint density at radius 2 is 1.11 bits per heavy atom. The number of aliphatic hydroxyl groups is 6. The summed E-state index contributed by atoms with van der Waals surface area (Å²) in [4.78, 5) is 9.84. The molecule has 18 heavy (non-hydrogen) atoms. The van der Waals surface area contributed by atoms with Crippen molar-refractivity contribution in [3.8, 4) is 0 Å². The summed E-state index contributed by atoms with van der Waals surface area (Å²) in [5, 5.41) is 45.8. The van der Waals surface area contributed by atoms with Gasteiger partial charge in [0.1, 0.15) is 0 Å². The van der Waals surface area contributed by atoms with Crippen LogP contribution in [-0.4, -0.2) is 83.4 Å². The van der Waals surface area contributed by atoms with Gasteiger partial charge >= 0.3 is 5.97 Å². The maximum atomic E-state index is 9.84. The number of aliphatic hydroxyl groups excluding tert-OH is 6. The Balaban J connectivity index is -0.0000000742. The predicted molar refractivity (Wildman–Crippen MR) is 64.7 cm³/mol. The average Bonchev–Trinajstić information content (AvgIpc) is 2.46. The fourth-order valence-electron chi connectivity index (χ4n) is 0.0833. The first kappa shape index (κ1) is 25.7. The third-order valence-electron chi connectivity index (χ3n) is 0.668. The molecule has 0 saturated heterocycles. The number of hydrogen-bond donors (Lipinski definition) is 6. The van der Waals surface area contributed by atoms with Gasteiger partial charge in [0.05, 0.1) is 46.8 Å². The van der Waals surface area contributed by atoms with E-state index in [4.69, 9.17) is 30.6 Å². The Morgan fingerprint density at radius 3 is 1.11 bits per heavy atom. The minimum atomic E-state index is -0.394.